The number of rotatable bonds is 3. The Hall–Kier alpha value is -2.84. The lowest BCUT2D eigenvalue weighted by Gasteiger charge is -2.18. The highest BCUT2D eigenvalue weighted by molar-refractivity contribution is 7.17. The van der Waals surface area contributed by atoms with Crippen LogP contribution < -0.4 is 20.3 Å². The Morgan fingerprint density at radius 2 is 1.65 bits per heavy atom. The Bertz CT molecular complexity index is 950. The molecule has 2 N–H and O–H groups in total. The quantitative estimate of drug-likeness (QED) is 0.677. The molecule has 2 aromatic heterocycles. The molecule has 3 aromatic rings. The lowest BCUT2D eigenvalue weighted by atomic mass is 10.1. The van der Waals surface area contributed by atoms with Crippen molar-refractivity contribution in [3.8, 4) is 21.9 Å². The molecule has 0 atom stereocenters. The molecule has 8 heteroatoms. The Kier molecular flexibility index (Phi) is 4.59. The molecule has 0 saturated carbocycles. The van der Waals surface area contributed by atoms with Gasteiger partial charge in [-0.1, -0.05) is 6.07 Å². The average Bonchev–Trinajstić information content (AvgIpc) is 3.37. The summed E-state index contributed by atoms with van der Waals surface area (Å²) in [6, 6.07) is 12.8. The zero-order valence-corrected chi connectivity index (χ0v) is 15.1. The molecule has 3 heterocycles. The van der Waals surface area contributed by atoms with Crippen LogP contribution in [0, 0.1) is 0 Å². The van der Waals surface area contributed by atoms with E-state index in [1.54, 1.807) is 23.6 Å². The predicted octanol–water partition coefficient (Wildman–Crippen LogP) is 3.32. The van der Waals surface area contributed by atoms with Crippen LogP contribution in [0.5, 0.6) is 11.5 Å². The molecule has 0 aliphatic carbocycles. The molecule has 0 saturated heterocycles. The van der Waals surface area contributed by atoms with Crippen molar-refractivity contribution in [2.75, 3.05) is 13.2 Å². The maximum atomic E-state index is 12.2. The second-order valence-electron chi connectivity index (χ2n) is 5.41. The maximum absolute atomic E-state index is 12.2. The smallest absolute Gasteiger partial charge is 0.279 e. The number of benzene rings is 1. The number of carbonyl (C=O) groups is 2. The van der Waals surface area contributed by atoms with E-state index in [1.807, 2.05) is 24.3 Å². The molecular weight excluding hydrogens is 372 g/mol. The fourth-order valence-corrected chi connectivity index (χ4v) is 3.97. The highest BCUT2D eigenvalue weighted by Crippen LogP contribution is 2.36. The summed E-state index contributed by atoms with van der Waals surface area (Å²) in [6.45, 7) is 1.07. The number of thiophene rings is 2. The summed E-state index contributed by atoms with van der Waals surface area (Å²) >= 11 is 2.65. The van der Waals surface area contributed by atoms with Crippen LogP contribution in [0.3, 0.4) is 0 Å². The van der Waals surface area contributed by atoms with Gasteiger partial charge in [0, 0.05) is 4.88 Å². The van der Waals surface area contributed by atoms with Gasteiger partial charge in [0.1, 0.15) is 13.2 Å². The van der Waals surface area contributed by atoms with Crippen molar-refractivity contribution >= 4 is 34.5 Å². The minimum Gasteiger partial charge on any atom is -0.486 e. The first-order valence-corrected chi connectivity index (χ1v) is 9.54. The second kappa shape index (κ2) is 7.19. The van der Waals surface area contributed by atoms with E-state index >= 15 is 0 Å². The van der Waals surface area contributed by atoms with Crippen LogP contribution in [0.25, 0.3) is 10.4 Å². The molecule has 1 aliphatic rings. The van der Waals surface area contributed by atoms with Crippen molar-refractivity contribution in [3.63, 3.8) is 0 Å². The highest BCUT2D eigenvalue weighted by atomic mass is 32.1. The van der Waals surface area contributed by atoms with Gasteiger partial charge >= 0.3 is 0 Å². The maximum Gasteiger partial charge on any atom is 0.279 e. The summed E-state index contributed by atoms with van der Waals surface area (Å²) in [5.41, 5.74) is 5.80. The van der Waals surface area contributed by atoms with Crippen molar-refractivity contribution < 1.29 is 19.1 Å². The largest absolute Gasteiger partial charge is 0.486 e. The summed E-state index contributed by atoms with van der Waals surface area (Å²) < 4.78 is 11.1. The van der Waals surface area contributed by atoms with Crippen molar-refractivity contribution in [1.29, 1.82) is 0 Å². The molecule has 0 spiro atoms. The van der Waals surface area contributed by atoms with Gasteiger partial charge in [-0.15, -0.1) is 22.7 Å². The minimum absolute atomic E-state index is 0.336. The van der Waals surface area contributed by atoms with Crippen molar-refractivity contribution in [2.24, 2.45) is 0 Å². The number of ether oxygens (including phenoxy) is 2. The number of fused-ring (bicyclic) bond motifs is 1. The molecule has 0 radical (unpaired) electrons. The number of nitrogens with one attached hydrogen (secondary N) is 2. The van der Waals surface area contributed by atoms with E-state index in [-0.39, 0.29) is 11.8 Å². The molecule has 0 unspecified atom stereocenters. The van der Waals surface area contributed by atoms with Crippen molar-refractivity contribution in [3.05, 3.63) is 57.6 Å². The van der Waals surface area contributed by atoms with Crippen LogP contribution in [-0.4, -0.2) is 25.0 Å². The second-order valence-corrected chi connectivity index (χ2v) is 7.44. The standard InChI is InChI=1S/C18H14N2O4S2/c21-17(15-2-1-9-25-15)19-20-18(22)16-6-5-14(26-16)11-3-4-12-13(10-11)24-8-7-23-12/h1-6,9-10H,7-8H2,(H,19,21)(H,20,22). The fraction of sp³-hybridized carbons (Fsp3) is 0.111. The number of hydrogen-bond acceptors (Lipinski definition) is 6. The topological polar surface area (TPSA) is 76.7 Å². The molecule has 0 fully saturated rings. The monoisotopic (exact) mass is 386 g/mol. The van der Waals surface area contributed by atoms with Gasteiger partial charge in [0.15, 0.2) is 11.5 Å². The van der Waals surface area contributed by atoms with Gasteiger partial charge < -0.3 is 9.47 Å². The summed E-state index contributed by atoms with van der Waals surface area (Å²) in [4.78, 5) is 26.1. The number of amides is 2. The van der Waals surface area contributed by atoms with E-state index < -0.39 is 0 Å². The molecule has 4 rings (SSSR count). The molecule has 1 aromatic carbocycles. The van der Waals surface area contributed by atoms with E-state index in [0.717, 1.165) is 16.2 Å². The third-order valence-electron chi connectivity index (χ3n) is 3.69. The molecular formula is C18H14N2O4S2. The van der Waals surface area contributed by atoms with E-state index in [1.165, 1.54) is 22.7 Å². The van der Waals surface area contributed by atoms with Gasteiger partial charge in [-0.2, -0.15) is 0 Å². The normalized spacial score (nSPS) is 12.5. The van der Waals surface area contributed by atoms with Gasteiger partial charge in [-0.05, 0) is 47.3 Å². The Labute approximate surface area is 157 Å². The van der Waals surface area contributed by atoms with Crippen LogP contribution in [0.4, 0.5) is 0 Å². The van der Waals surface area contributed by atoms with Gasteiger partial charge in [-0.25, -0.2) is 0 Å². The zero-order chi connectivity index (χ0) is 17.9. The lowest BCUT2D eigenvalue weighted by molar-refractivity contribution is 0.0851. The van der Waals surface area contributed by atoms with Crippen LogP contribution in [0.2, 0.25) is 0 Å². The van der Waals surface area contributed by atoms with Crippen LogP contribution in [-0.2, 0) is 0 Å². The molecule has 1 aliphatic heterocycles. The van der Waals surface area contributed by atoms with Crippen LogP contribution in [0.1, 0.15) is 19.3 Å². The summed E-state index contributed by atoms with van der Waals surface area (Å²) in [5, 5.41) is 1.80. The van der Waals surface area contributed by atoms with E-state index in [0.29, 0.717) is 28.7 Å². The van der Waals surface area contributed by atoms with E-state index in [9.17, 15) is 9.59 Å². The molecule has 0 bridgehead atoms. The first-order valence-electron chi connectivity index (χ1n) is 7.85. The van der Waals surface area contributed by atoms with Crippen LogP contribution in [0.15, 0.2) is 47.8 Å². The SMILES string of the molecule is O=C(NNC(=O)c1ccc(-c2ccc3c(c2)OCCO3)s1)c1cccs1. The fourth-order valence-electron chi connectivity index (χ4n) is 2.46. The average molecular weight is 386 g/mol. The first-order chi connectivity index (χ1) is 12.7. The summed E-state index contributed by atoms with van der Waals surface area (Å²) in [7, 11) is 0. The molecule has 26 heavy (non-hydrogen) atoms. The lowest BCUT2D eigenvalue weighted by Crippen LogP contribution is -2.41. The van der Waals surface area contributed by atoms with Crippen molar-refractivity contribution in [1.82, 2.24) is 10.9 Å². The summed E-state index contributed by atoms with van der Waals surface area (Å²) in [6.07, 6.45) is 0. The van der Waals surface area contributed by atoms with Crippen molar-refractivity contribution in [2.45, 2.75) is 0 Å². The van der Waals surface area contributed by atoms with E-state index in [4.69, 9.17) is 9.47 Å². The Balaban J connectivity index is 1.44. The van der Waals surface area contributed by atoms with Gasteiger partial charge in [0.2, 0.25) is 0 Å². The van der Waals surface area contributed by atoms with Gasteiger partial charge in [-0.3, -0.25) is 20.4 Å². The van der Waals surface area contributed by atoms with Crippen LogP contribution >= 0.6 is 22.7 Å². The number of carbonyl (C=O) groups excluding carboxylic acids is 2. The molecule has 6 nitrogen and oxygen atoms in total. The number of hydrogen-bond donors (Lipinski definition) is 2. The zero-order valence-electron chi connectivity index (χ0n) is 13.5. The molecule has 2 amide bonds. The third kappa shape index (κ3) is 3.42. The van der Waals surface area contributed by atoms with Gasteiger partial charge in [0.05, 0.1) is 9.75 Å². The Morgan fingerprint density at radius 1 is 0.885 bits per heavy atom. The number of hydrazine groups is 1. The van der Waals surface area contributed by atoms with E-state index in [2.05, 4.69) is 10.9 Å². The first kappa shape index (κ1) is 16.6. The minimum atomic E-state index is -0.358. The summed E-state index contributed by atoms with van der Waals surface area (Å²) in [5.74, 6) is 0.739. The Morgan fingerprint density at radius 3 is 2.42 bits per heavy atom. The highest BCUT2D eigenvalue weighted by Gasteiger charge is 2.15. The molecule has 132 valence electrons. The third-order valence-corrected chi connectivity index (χ3v) is 5.69. The predicted molar refractivity (Wildman–Crippen MR) is 100.0 cm³/mol. The van der Waals surface area contributed by atoms with Gasteiger partial charge in [0.25, 0.3) is 11.8 Å².